The molecule has 1 saturated heterocycles. The molecule has 7 heteroatoms. The van der Waals surface area contributed by atoms with E-state index in [-0.39, 0.29) is 16.9 Å². The van der Waals surface area contributed by atoms with E-state index in [0.29, 0.717) is 49.1 Å². The summed E-state index contributed by atoms with van der Waals surface area (Å²) in [6.07, 6.45) is 3.03. The number of fused-ring (bicyclic) bond motifs is 1. The van der Waals surface area contributed by atoms with Gasteiger partial charge in [-0.25, -0.2) is 8.42 Å². The zero-order valence-electron chi connectivity index (χ0n) is 20.7. The van der Waals surface area contributed by atoms with E-state index in [1.54, 1.807) is 25.1 Å². The van der Waals surface area contributed by atoms with Crippen LogP contribution in [0.3, 0.4) is 0 Å². The van der Waals surface area contributed by atoms with Crippen molar-refractivity contribution in [3.63, 3.8) is 0 Å². The number of aryl methyl sites for hydroxylation is 1. The van der Waals surface area contributed by atoms with Crippen LogP contribution in [0.25, 0.3) is 0 Å². The minimum atomic E-state index is -3.84. The van der Waals surface area contributed by atoms with Crippen molar-refractivity contribution >= 4 is 15.7 Å². The van der Waals surface area contributed by atoms with Crippen molar-refractivity contribution in [2.75, 3.05) is 24.1 Å². The van der Waals surface area contributed by atoms with Gasteiger partial charge in [-0.1, -0.05) is 32.9 Å². The van der Waals surface area contributed by atoms with Gasteiger partial charge >= 0.3 is 0 Å². The summed E-state index contributed by atoms with van der Waals surface area (Å²) in [7, 11) is -3.84. The fourth-order valence-electron chi connectivity index (χ4n) is 4.95. The highest BCUT2D eigenvalue weighted by atomic mass is 32.2. The van der Waals surface area contributed by atoms with Crippen molar-refractivity contribution < 1.29 is 23.0 Å². The molecule has 2 aromatic rings. The number of hydrogen-bond acceptors (Lipinski definition) is 5. The highest BCUT2D eigenvalue weighted by molar-refractivity contribution is 7.92. The number of hydrogen-bond donors (Lipinski definition) is 1. The molecule has 186 valence electrons. The van der Waals surface area contributed by atoms with Gasteiger partial charge < -0.3 is 14.6 Å². The maximum absolute atomic E-state index is 13.8. The second kappa shape index (κ2) is 9.88. The van der Waals surface area contributed by atoms with Crippen LogP contribution in [0.1, 0.15) is 58.1 Å². The monoisotopic (exact) mass is 487 g/mol. The lowest BCUT2D eigenvalue weighted by Crippen LogP contribution is -2.42. The van der Waals surface area contributed by atoms with E-state index in [4.69, 9.17) is 9.47 Å². The fraction of sp³-hybridized carbons (Fsp3) is 0.556. The Morgan fingerprint density at radius 3 is 2.41 bits per heavy atom. The van der Waals surface area contributed by atoms with Gasteiger partial charge in [-0.05, 0) is 68.0 Å². The molecule has 1 fully saturated rings. The molecule has 0 aliphatic carbocycles. The number of rotatable bonds is 7. The van der Waals surface area contributed by atoms with E-state index in [1.807, 2.05) is 38.1 Å². The van der Waals surface area contributed by atoms with E-state index >= 15 is 0 Å². The zero-order chi connectivity index (χ0) is 24.5. The molecule has 2 aliphatic heterocycles. The Hall–Kier alpha value is -2.09. The molecule has 0 saturated carbocycles. The predicted molar refractivity (Wildman–Crippen MR) is 134 cm³/mol. The molecule has 2 unspecified atom stereocenters. The second-order valence-corrected chi connectivity index (χ2v) is 12.1. The van der Waals surface area contributed by atoms with Gasteiger partial charge in [0.1, 0.15) is 11.9 Å². The molecule has 2 atom stereocenters. The fourth-order valence-corrected chi connectivity index (χ4v) is 6.60. The molecule has 6 nitrogen and oxygen atoms in total. The van der Waals surface area contributed by atoms with Gasteiger partial charge in [0.25, 0.3) is 10.0 Å². The molecule has 0 spiro atoms. The Bertz CT molecular complexity index is 1090. The van der Waals surface area contributed by atoms with Gasteiger partial charge in [-0.2, -0.15) is 0 Å². The zero-order valence-corrected chi connectivity index (χ0v) is 21.5. The third-order valence-corrected chi connectivity index (χ3v) is 8.74. The van der Waals surface area contributed by atoms with Crippen molar-refractivity contribution in [1.29, 1.82) is 0 Å². The number of anilines is 1. The SMILES string of the molecule is CCc1ccc(N(CC(C)C)S(=O)(=O)c2ccc3c(c2)C(C)(O)CC(C2CCOCC2)O3)cc1. The van der Waals surface area contributed by atoms with Crippen LogP contribution in [-0.2, 0) is 26.8 Å². The normalized spacial score (nSPS) is 23.4. The van der Waals surface area contributed by atoms with Crippen LogP contribution in [0.4, 0.5) is 5.69 Å². The third-order valence-electron chi connectivity index (χ3n) is 6.95. The van der Waals surface area contributed by atoms with E-state index in [2.05, 4.69) is 6.92 Å². The highest BCUT2D eigenvalue weighted by Gasteiger charge is 2.41. The van der Waals surface area contributed by atoms with Crippen molar-refractivity contribution in [2.45, 2.75) is 70.0 Å². The molecule has 0 radical (unpaired) electrons. The number of aliphatic hydroxyl groups is 1. The Labute approximate surface area is 203 Å². The Morgan fingerprint density at radius 1 is 1.12 bits per heavy atom. The lowest BCUT2D eigenvalue weighted by Gasteiger charge is -2.41. The van der Waals surface area contributed by atoms with Crippen LogP contribution in [-0.4, -0.2) is 39.4 Å². The van der Waals surface area contributed by atoms with Crippen molar-refractivity contribution in [3.05, 3.63) is 53.6 Å². The molecule has 2 heterocycles. The average molecular weight is 488 g/mol. The number of nitrogens with zero attached hydrogens (tertiary/aromatic N) is 1. The summed E-state index contributed by atoms with van der Waals surface area (Å²) < 4.78 is 40.9. The number of ether oxygens (including phenoxy) is 2. The van der Waals surface area contributed by atoms with Crippen molar-refractivity contribution in [3.8, 4) is 5.75 Å². The molecule has 34 heavy (non-hydrogen) atoms. The van der Waals surface area contributed by atoms with Crippen molar-refractivity contribution in [2.24, 2.45) is 11.8 Å². The number of benzene rings is 2. The van der Waals surface area contributed by atoms with E-state index < -0.39 is 15.6 Å². The largest absolute Gasteiger partial charge is 0.490 e. The van der Waals surface area contributed by atoms with Crippen LogP contribution >= 0.6 is 0 Å². The van der Waals surface area contributed by atoms with Crippen LogP contribution < -0.4 is 9.04 Å². The minimum Gasteiger partial charge on any atom is -0.490 e. The van der Waals surface area contributed by atoms with Gasteiger partial charge in [-0.15, -0.1) is 0 Å². The molecule has 4 rings (SSSR count). The molecule has 1 N–H and O–H groups in total. The summed E-state index contributed by atoms with van der Waals surface area (Å²) in [6.45, 7) is 9.63. The molecular formula is C27H37NO5S. The van der Waals surface area contributed by atoms with E-state index in [0.717, 1.165) is 24.8 Å². The lowest BCUT2D eigenvalue weighted by molar-refractivity contribution is -0.0551. The first kappa shape index (κ1) is 25.0. The Balaban J connectivity index is 1.68. The van der Waals surface area contributed by atoms with Gasteiger partial charge in [0.15, 0.2) is 0 Å². The summed E-state index contributed by atoms with van der Waals surface area (Å²) in [5, 5.41) is 11.4. The van der Waals surface area contributed by atoms with Gasteiger partial charge in [0.05, 0.1) is 16.2 Å². The summed E-state index contributed by atoms with van der Waals surface area (Å²) in [4.78, 5) is 0.167. The Morgan fingerprint density at radius 2 is 1.79 bits per heavy atom. The summed E-state index contributed by atoms with van der Waals surface area (Å²) in [5.41, 5.74) is 1.16. The molecule has 2 aliphatic rings. The van der Waals surface area contributed by atoms with Crippen LogP contribution in [0.2, 0.25) is 0 Å². The first-order valence-corrected chi connectivity index (χ1v) is 13.8. The predicted octanol–water partition coefficient (Wildman–Crippen LogP) is 4.89. The van der Waals surface area contributed by atoms with Gasteiger partial charge in [-0.3, -0.25) is 4.31 Å². The maximum atomic E-state index is 13.8. The van der Waals surface area contributed by atoms with Crippen LogP contribution in [0.15, 0.2) is 47.4 Å². The third kappa shape index (κ3) is 5.11. The first-order valence-electron chi connectivity index (χ1n) is 12.3. The van der Waals surface area contributed by atoms with Gasteiger partial charge in [0.2, 0.25) is 0 Å². The quantitative estimate of drug-likeness (QED) is 0.602. The topological polar surface area (TPSA) is 76.1 Å². The summed E-state index contributed by atoms with van der Waals surface area (Å²) >= 11 is 0. The van der Waals surface area contributed by atoms with Crippen LogP contribution in [0.5, 0.6) is 5.75 Å². The first-order chi connectivity index (χ1) is 16.1. The minimum absolute atomic E-state index is 0.108. The molecule has 0 aromatic heterocycles. The molecule has 0 bridgehead atoms. The lowest BCUT2D eigenvalue weighted by atomic mass is 9.80. The van der Waals surface area contributed by atoms with E-state index in [9.17, 15) is 13.5 Å². The summed E-state index contributed by atoms with van der Waals surface area (Å²) in [6, 6.07) is 12.6. The van der Waals surface area contributed by atoms with Crippen LogP contribution in [0, 0.1) is 11.8 Å². The molecule has 0 amide bonds. The Kier molecular flexibility index (Phi) is 7.27. The standard InChI is InChI=1S/C27H37NO5S/c1-5-20-6-8-22(9-7-20)28(18-19(2)3)34(30,31)23-10-11-25-24(16-23)27(4,29)17-26(33-25)21-12-14-32-15-13-21/h6-11,16,19,21,26,29H,5,12-15,17-18H2,1-4H3. The second-order valence-electron chi connectivity index (χ2n) is 10.2. The smallest absolute Gasteiger partial charge is 0.264 e. The number of sulfonamides is 1. The van der Waals surface area contributed by atoms with E-state index in [1.165, 1.54) is 4.31 Å². The van der Waals surface area contributed by atoms with Crippen molar-refractivity contribution in [1.82, 2.24) is 0 Å². The molecule has 2 aromatic carbocycles. The highest BCUT2D eigenvalue weighted by Crippen LogP contribution is 2.43. The average Bonchev–Trinajstić information content (AvgIpc) is 2.82. The molecular weight excluding hydrogens is 450 g/mol. The maximum Gasteiger partial charge on any atom is 0.264 e. The summed E-state index contributed by atoms with van der Waals surface area (Å²) in [5.74, 6) is 1.03. The van der Waals surface area contributed by atoms with Gasteiger partial charge in [0, 0.05) is 37.7 Å².